The molecule has 100 valence electrons. The van der Waals surface area contributed by atoms with Crippen molar-refractivity contribution in [3.05, 3.63) is 28.6 Å². The summed E-state index contributed by atoms with van der Waals surface area (Å²) < 4.78 is 23.3. The van der Waals surface area contributed by atoms with Crippen molar-refractivity contribution in [2.45, 2.75) is 13.8 Å². The summed E-state index contributed by atoms with van der Waals surface area (Å²) >= 11 is 0. The second-order valence-corrected chi connectivity index (χ2v) is 5.11. The van der Waals surface area contributed by atoms with Crippen LogP contribution in [0.3, 0.4) is 0 Å². The number of rotatable bonds is 6. The number of hydrogen-bond donors (Lipinski definition) is 1. The molecular weight excluding hydrogens is 257 g/mol. The molecule has 0 fully saturated rings. The molecule has 8 heteroatoms. The monoisotopic (exact) mass is 273 g/mol. The minimum atomic E-state index is -3.32. The maximum Gasteiger partial charge on any atom is 0.355 e. The summed E-state index contributed by atoms with van der Waals surface area (Å²) in [6.45, 7) is 3.90. The summed E-state index contributed by atoms with van der Waals surface area (Å²) in [5, 5.41) is 0. The van der Waals surface area contributed by atoms with Crippen molar-refractivity contribution >= 4 is 19.6 Å². The molecule has 7 nitrogen and oxygen atoms in total. The van der Waals surface area contributed by atoms with Crippen molar-refractivity contribution in [2.75, 3.05) is 18.9 Å². The Hall–Kier alpha value is -1.43. The van der Waals surface area contributed by atoms with Gasteiger partial charge in [0.2, 0.25) is 0 Å². The fourth-order valence-corrected chi connectivity index (χ4v) is 2.45. The quantitative estimate of drug-likeness (QED) is 0.789. The van der Waals surface area contributed by atoms with E-state index in [1.807, 2.05) is 0 Å². The van der Waals surface area contributed by atoms with Crippen LogP contribution in [0.4, 0.5) is 5.82 Å². The predicted molar refractivity (Wildman–Crippen MR) is 69.1 cm³/mol. The fourth-order valence-electron chi connectivity index (χ4n) is 1.18. The summed E-state index contributed by atoms with van der Waals surface area (Å²) in [5.74, 6) is 1.35. The van der Waals surface area contributed by atoms with E-state index < -0.39 is 13.3 Å². The van der Waals surface area contributed by atoms with Crippen LogP contribution in [0, 0.1) is 0 Å². The number of hydrogen-bond acceptors (Lipinski definition) is 6. The fraction of sp³-hybridized carbons (Fsp3) is 0.400. The maximum atomic E-state index is 12.1. The average molecular weight is 273 g/mol. The van der Waals surface area contributed by atoms with E-state index in [9.17, 15) is 9.36 Å². The van der Waals surface area contributed by atoms with E-state index in [0.29, 0.717) is 0 Å². The van der Waals surface area contributed by atoms with Gasteiger partial charge in [-0.25, -0.2) is 4.79 Å². The molecule has 1 aromatic rings. The third-order valence-corrected chi connectivity index (χ3v) is 3.61. The molecule has 0 aliphatic rings. The summed E-state index contributed by atoms with van der Waals surface area (Å²) in [6.07, 6.45) is 2.71. The Balaban J connectivity index is 2.96. The molecule has 1 rings (SSSR count). The largest absolute Gasteiger partial charge is 0.383 e. The van der Waals surface area contributed by atoms with E-state index in [2.05, 4.69) is 4.98 Å². The van der Waals surface area contributed by atoms with E-state index in [0.717, 1.165) is 4.57 Å². The number of aromatic nitrogens is 2. The predicted octanol–water partition coefficient (Wildman–Crippen LogP) is 1.52. The molecule has 0 unspecified atom stereocenters. The zero-order valence-electron chi connectivity index (χ0n) is 10.3. The average Bonchev–Trinajstić information content (AvgIpc) is 2.28. The van der Waals surface area contributed by atoms with Crippen molar-refractivity contribution in [1.29, 1.82) is 0 Å². The van der Waals surface area contributed by atoms with Crippen LogP contribution in [0.1, 0.15) is 13.8 Å². The van der Waals surface area contributed by atoms with Crippen LogP contribution >= 0.6 is 7.60 Å². The molecule has 1 heterocycles. The van der Waals surface area contributed by atoms with Crippen LogP contribution in [-0.4, -0.2) is 22.8 Å². The maximum absolute atomic E-state index is 12.1. The van der Waals surface area contributed by atoms with Gasteiger partial charge in [-0.05, 0) is 19.9 Å². The summed E-state index contributed by atoms with van der Waals surface area (Å²) in [5.41, 5.74) is 4.79. The highest BCUT2D eigenvalue weighted by molar-refractivity contribution is 7.57. The molecule has 0 bridgehead atoms. The van der Waals surface area contributed by atoms with Gasteiger partial charge in [0.05, 0.1) is 13.2 Å². The Morgan fingerprint density at radius 2 is 2.06 bits per heavy atom. The summed E-state index contributed by atoms with van der Waals surface area (Å²) in [6, 6.07) is 1.46. The second-order valence-electron chi connectivity index (χ2n) is 3.22. The van der Waals surface area contributed by atoms with Gasteiger partial charge in [0.15, 0.2) is 0 Å². The highest BCUT2D eigenvalue weighted by Gasteiger charge is 2.18. The first-order valence-electron chi connectivity index (χ1n) is 5.43. The van der Waals surface area contributed by atoms with E-state index in [1.165, 1.54) is 24.3 Å². The molecule has 0 aliphatic carbocycles. The molecule has 0 spiro atoms. The van der Waals surface area contributed by atoms with Crippen molar-refractivity contribution < 1.29 is 13.6 Å². The third-order valence-electron chi connectivity index (χ3n) is 1.88. The van der Waals surface area contributed by atoms with Crippen LogP contribution in [0.5, 0.6) is 0 Å². The lowest BCUT2D eigenvalue weighted by molar-refractivity contribution is 0.229. The molecule has 0 radical (unpaired) electrons. The van der Waals surface area contributed by atoms with E-state index >= 15 is 0 Å². The molecule has 0 atom stereocenters. The van der Waals surface area contributed by atoms with Crippen molar-refractivity contribution in [3.63, 3.8) is 0 Å². The van der Waals surface area contributed by atoms with Gasteiger partial charge in [0.25, 0.3) is 0 Å². The zero-order valence-corrected chi connectivity index (χ0v) is 11.2. The van der Waals surface area contributed by atoms with Gasteiger partial charge in [-0.2, -0.15) is 4.98 Å². The Kier molecular flexibility index (Phi) is 5.27. The number of nitrogens with zero attached hydrogens (tertiary/aromatic N) is 2. The normalized spacial score (nSPS) is 12.1. The van der Waals surface area contributed by atoms with E-state index in [1.54, 1.807) is 13.8 Å². The van der Waals surface area contributed by atoms with Crippen LogP contribution in [0.25, 0.3) is 6.20 Å². The molecule has 0 amide bonds. The smallest absolute Gasteiger partial charge is 0.355 e. The molecule has 1 aromatic heterocycles. The van der Waals surface area contributed by atoms with Crippen molar-refractivity contribution in [3.8, 4) is 0 Å². The van der Waals surface area contributed by atoms with Gasteiger partial charge in [-0.15, -0.1) is 0 Å². The van der Waals surface area contributed by atoms with Gasteiger partial charge in [0, 0.05) is 18.2 Å². The molecule has 2 N–H and O–H groups in total. The first kappa shape index (κ1) is 14.6. The standard InChI is InChI=1S/C10H16N3O4P/c1-3-16-18(15,17-4-2)8-7-13-6-5-9(11)12-10(13)14/h5-8H,3-4H2,1-2H3,(H2,11,12,14)/b8-7+. The Labute approximate surface area is 105 Å². The van der Waals surface area contributed by atoms with Gasteiger partial charge < -0.3 is 14.8 Å². The number of anilines is 1. The third kappa shape index (κ3) is 4.10. The second kappa shape index (κ2) is 6.49. The lowest BCUT2D eigenvalue weighted by atomic mass is 10.6. The highest BCUT2D eigenvalue weighted by Crippen LogP contribution is 2.49. The summed E-state index contributed by atoms with van der Waals surface area (Å²) in [4.78, 5) is 15.0. The van der Waals surface area contributed by atoms with E-state index in [-0.39, 0.29) is 19.0 Å². The van der Waals surface area contributed by atoms with Gasteiger partial charge in [0.1, 0.15) is 5.82 Å². The molecule has 0 aliphatic heterocycles. The van der Waals surface area contributed by atoms with Gasteiger partial charge in [-0.3, -0.25) is 9.13 Å². The van der Waals surface area contributed by atoms with Gasteiger partial charge in [-0.1, -0.05) is 0 Å². The minimum absolute atomic E-state index is 0.127. The molecular formula is C10H16N3O4P. The molecule has 18 heavy (non-hydrogen) atoms. The Bertz CT molecular complexity index is 516. The minimum Gasteiger partial charge on any atom is -0.383 e. The van der Waals surface area contributed by atoms with Crippen LogP contribution in [0.2, 0.25) is 0 Å². The first-order valence-corrected chi connectivity index (χ1v) is 7.04. The lowest BCUT2D eigenvalue weighted by Gasteiger charge is -2.12. The van der Waals surface area contributed by atoms with Crippen molar-refractivity contribution in [2.24, 2.45) is 0 Å². The topological polar surface area (TPSA) is 96.4 Å². The molecule has 0 saturated heterocycles. The molecule has 0 aromatic carbocycles. The van der Waals surface area contributed by atoms with Crippen LogP contribution in [0.15, 0.2) is 22.9 Å². The van der Waals surface area contributed by atoms with Crippen molar-refractivity contribution in [1.82, 2.24) is 9.55 Å². The van der Waals surface area contributed by atoms with Crippen LogP contribution < -0.4 is 11.4 Å². The van der Waals surface area contributed by atoms with Crippen LogP contribution in [-0.2, 0) is 13.6 Å². The Morgan fingerprint density at radius 3 is 2.56 bits per heavy atom. The first-order chi connectivity index (χ1) is 8.50. The lowest BCUT2D eigenvalue weighted by Crippen LogP contribution is -2.19. The zero-order chi connectivity index (χ0) is 13.6. The van der Waals surface area contributed by atoms with E-state index in [4.69, 9.17) is 14.8 Å². The molecule has 0 saturated carbocycles. The SMILES string of the molecule is CCOP(=O)(/C=C/n1ccc(N)nc1=O)OCC. The number of nitrogen functional groups attached to an aromatic ring is 1. The Morgan fingerprint density at radius 1 is 1.44 bits per heavy atom. The highest BCUT2D eigenvalue weighted by atomic mass is 31.2. The number of nitrogens with two attached hydrogens (primary N) is 1. The van der Waals surface area contributed by atoms with Gasteiger partial charge >= 0.3 is 13.3 Å². The summed E-state index contributed by atoms with van der Waals surface area (Å²) in [7, 11) is -3.32.